The van der Waals surface area contributed by atoms with Crippen molar-refractivity contribution in [2.75, 3.05) is 0 Å². The molecule has 1 aliphatic rings. The molecule has 1 saturated carbocycles. The van der Waals surface area contributed by atoms with Gasteiger partial charge in [0.05, 0.1) is 5.56 Å². The molecule has 2 aromatic rings. The molecule has 1 N–H and O–H groups in total. The summed E-state index contributed by atoms with van der Waals surface area (Å²) in [6, 6.07) is 7.47. The first kappa shape index (κ1) is 14.5. The predicted molar refractivity (Wildman–Crippen MR) is 82.5 cm³/mol. The molecule has 1 atom stereocenters. The molecule has 2 heterocycles. The van der Waals surface area contributed by atoms with Gasteiger partial charge >= 0.3 is 0 Å². The summed E-state index contributed by atoms with van der Waals surface area (Å²) in [6.07, 6.45) is 7.42. The molecule has 0 aliphatic heterocycles. The number of hydrogen-bond acceptors (Lipinski definition) is 4. The van der Waals surface area contributed by atoms with Crippen molar-refractivity contribution >= 4 is 5.91 Å². The quantitative estimate of drug-likeness (QED) is 0.890. The highest BCUT2D eigenvalue weighted by molar-refractivity contribution is 5.94. The van der Waals surface area contributed by atoms with Gasteiger partial charge in [0.15, 0.2) is 0 Å². The second kappa shape index (κ2) is 6.56. The van der Waals surface area contributed by atoms with Gasteiger partial charge in [0, 0.05) is 30.7 Å². The summed E-state index contributed by atoms with van der Waals surface area (Å²) < 4.78 is 5.59. The Morgan fingerprint density at radius 1 is 1.32 bits per heavy atom. The molecule has 1 aliphatic carbocycles. The van der Waals surface area contributed by atoms with E-state index in [0.29, 0.717) is 24.0 Å². The van der Waals surface area contributed by atoms with E-state index in [9.17, 15) is 4.79 Å². The number of pyridine rings is 2. The van der Waals surface area contributed by atoms with Gasteiger partial charge in [-0.1, -0.05) is 0 Å². The third kappa shape index (κ3) is 3.81. The molecule has 22 heavy (non-hydrogen) atoms. The van der Waals surface area contributed by atoms with Crippen LogP contribution in [0.1, 0.15) is 35.7 Å². The first-order chi connectivity index (χ1) is 10.7. The highest BCUT2D eigenvalue weighted by Gasteiger charge is 2.29. The Hall–Kier alpha value is -2.43. The Morgan fingerprint density at radius 2 is 2.09 bits per heavy atom. The van der Waals surface area contributed by atoms with Gasteiger partial charge in [-0.05, 0) is 49.4 Å². The van der Waals surface area contributed by atoms with Gasteiger partial charge in [0.1, 0.15) is 6.61 Å². The second-order valence-electron chi connectivity index (χ2n) is 5.63. The standard InChI is InChI=1S/C17H19N3O2/c1-12(14-2-3-14)20-17(21)15-4-5-16(19-10-15)22-11-13-6-8-18-9-7-13/h4-10,12,14H,2-3,11H2,1H3,(H,20,21). The summed E-state index contributed by atoms with van der Waals surface area (Å²) in [5, 5.41) is 3.01. The summed E-state index contributed by atoms with van der Waals surface area (Å²) in [5.41, 5.74) is 1.58. The summed E-state index contributed by atoms with van der Waals surface area (Å²) in [4.78, 5) is 20.2. The first-order valence-electron chi connectivity index (χ1n) is 7.51. The van der Waals surface area contributed by atoms with Gasteiger partial charge < -0.3 is 10.1 Å². The van der Waals surface area contributed by atoms with Gasteiger partial charge in [0.2, 0.25) is 5.88 Å². The summed E-state index contributed by atoms with van der Waals surface area (Å²) in [5.74, 6) is 1.07. The van der Waals surface area contributed by atoms with E-state index in [2.05, 4.69) is 22.2 Å². The maximum absolute atomic E-state index is 12.1. The normalized spacial score (nSPS) is 15.1. The van der Waals surface area contributed by atoms with Crippen LogP contribution < -0.4 is 10.1 Å². The predicted octanol–water partition coefficient (Wildman–Crippen LogP) is 2.58. The highest BCUT2D eigenvalue weighted by Crippen LogP contribution is 2.32. The first-order valence-corrected chi connectivity index (χ1v) is 7.51. The number of nitrogens with zero attached hydrogens (tertiary/aromatic N) is 2. The largest absolute Gasteiger partial charge is 0.473 e. The van der Waals surface area contributed by atoms with Gasteiger partial charge in [-0.2, -0.15) is 0 Å². The molecule has 0 aromatic carbocycles. The number of ether oxygens (including phenoxy) is 1. The monoisotopic (exact) mass is 297 g/mol. The van der Waals surface area contributed by atoms with E-state index in [0.717, 1.165) is 5.56 Å². The third-order valence-electron chi connectivity index (χ3n) is 3.82. The molecule has 0 radical (unpaired) electrons. The lowest BCUT2D eigenvalue weighted by molar-refractivity contribution is 0.0935. The average molecular weight is 297 g/mol. The average Bonchev–Trinajstić information content (AvgIpc) is 3.39. The van der Waals surface area contributed by atoms with Gasteiger partial charge in [-0.15, -0.1) is 0 Å². The molecule has 3 rings (SSSR count). The van der Waals surface area contributed by atoms with Crippen molar-refractivity contribution in [3.63, 3.8) is 0 Å². The SMILES string of the molecule is CC(NC(=O)c1ccc(OCc2ccncc2)nc1)C1CC1. The lowest BCUT2D eigenvalue weighted by Gasteiger charge is -2.12. The van der Waals surface area contributed by atoms with Crippen molar-refractivity contribution < 1.29 is 9.53 Å². The van der Waals surface area contributed by atoms with Crippen LogP contribution in [0.25, 0.3) is 0 Å². The molecular weight excluding hydrogens is 278 g/mol. The Kier molecular flexibility index (Phi) is 4.32. The summed E-state index contributed by atoms with van der Waals surface area (Å²) in [7, 11) is 0. The lowest BCUT2D eigenvalue weighted by Crippen LogP contribution is -2.34. The van der Waals surface area contributed by atoms with Gasteiger partial charge in [-0.3, -0.25) is 9.78 Å². The number of rotatable bonds is 6. The van der Waals surface area contributed by atoms with E-state index in [1.54, 1.807) is 30.7 Å². The fourth-order valence-electron chi connectivity index (χ4n) is 2.24. The Balaban J connectivity index is 1.54. The van der Waals surface area contributed by atoms with E-state index in [1.165, 1.54) is 12.8 Å². The number of carbonyl (C=O) groups excluding carboxylic acids is 1. The minimum atomic E-state index is -0.0763. The lowest BCUT2D eigenvalue weighted by atomic mass is 10.2. The Morgan fingerprint density at radius 3 is 2.73 bits per heavy atom. The van der Waals surface area contributed by atoms with Crippen LogP contribution in [0.4, 0.5) is 0 Å². The molecule has 1 amide bonds. The minimum Gasteiger partial charge on any atom is -0.473 e. The van der Waals surface area contributed by atoms with Crippen LogP contribution in [0.3, 0.4) is 0 Å². The third-order valence-corrected chi connectivity index (χ3v) is 3.82. The number of hydrogen-bond donors (Lipinski definition) is 1. The van der Waals surface area contributed by atoms with Gasteiger partial charge in [-0.25, -0.2) is 4.98 Å². The van der Waals surface area contributed by atoms with Crippen LogP contribution in [0.2, 0.25) is 0 Å². The van der Waals surface area contributed by atoms with Crippen LogP contribution in [-0.2, 0) is 6.61 Å². The molecule has 2 aromatic heterocycles. The zero-order valence-corrected chi connectivity index (χ0v) is 12.5. The van der Waals surface area contributed by atoms with Crippen LogP contribution in [-0.4, -0.2) is 21.9 Å². The maximum atomic E-state index is 12.1. The molecule has 0 saturated heterocycles. The summed E-state index contributed by atoms with van der Waals surface area (Å²) in [6.45, 7) is 2.48. The fraction of sp³-hybridized carbons (Fsp3) is 0.353. The fourth-order valence-corrected chi connectivity index (χ4v) is 2.24. The van der Waals surface area contributed by atoms with Crippen molar-refractivity contribution in [1.82, 2.24) is 15.3 Å². The van der Waals surface area contributed by atoms with E-state index in [4.69, 9.17) is 4.74 Å². The van der Waals surface area contributed by atoms with Crippen molar-refractivity contribution in [3.05, 3.63) is 54.0 Å². The van der Waals surface area contributed by atoms with Crippen LogP contribution in [0.5, 0.6) is 5.88 Å². The van der Waals surface area contributed by atoms with Crippen molar-refractivity contribution in [2.24, 2.45) is 5.92 Å². The molecule has 1 fully saturated rings. The number of aromatic nitrogens is 2. The van der Waals surface area contributed by atoms with E-state index < -0.39 is 0 Å². The molecule has 5 heteroatoms. The maximum Gasteiger partial charge on any atom is 0.253 e. The minimum absolute atomic E-state index is 0.0763. The van der Waals surface area contributed by atoms with Crippen LogP contribution in [0, 0.1) is 5.92 Å². The highest BCUT2D eigenvalue weighted by atomic mass is 16.5. The smallest absolute Gasteiger partial charge is 0.253 e. The number of amides is 1. The van der Waals surface area contributed by atoms with E-state index in [-0.39, 0.29) is 11.9 Å². The number of nitrogens with one attached hydrogen (secondary N) is 1. The second-order valence-corrected chi connectivity index (χ2v) is 5.63. The zero-order chi connectivity index (χ0) is 15.4. The van der Waals surface area contributed by atoms with Gasteiger partial charge in [0.25, 0.3) is 5.91 Å². The van der Waals surface area contributed by atoms with Crippen molar-refractivity contribution in [2.45, 2.75) is 32.4 Å². The van der Waals surface area contributed by atoms with Crippen LogP contribution >= 0.6 is 0 Å². The number of carbonyl (C=O) groups is 1. The molecule has 0 bridgehead atoms. The molecular formula is C17H19N3O2. The molecule has 114 valence electrons. The van der Waals surface area contributed by atoms with E-state index >= 15 is 0 Å². The molecule has 0 spiro atoms. The molecule has 1 unspecified atom stereocenters. The van der Waals surface area contributed by atoms with Crippen LogP contribution in [0.15, 0.2) is 42.9 Å². The van der Waals surface area contributed by atoms with Crippen molar-refractivity contribution in [3.8, 4) is 5.88 Å². The Bertz CT molecular complexity index is 624. The summed E-state index contributed by atoms with van der Waals surface area (Å²) >= 11 is 0. The Labute approximate surface area is 129 Å². The zero-order valence-electron chi connectivity index (χ0n) is 12.5. The van der Waals surface area contributed by atoms with Crippen molar-refractivity contribution in [1.29, 1.82) is 0 Å². The van der Waals surface area contributed by atoms with E-state index in [1.807, 2.05) is 12.1 Å². The molecule has 5 nitrogen and oxygen atoms in total. The topological polar surface area (TPSA) is 64.1 Å².